The summed E-state index contributed by atoms with van der Waals surface area (Å²) in [6.07, 6.45) is 0. The van der Waals surface area contributed by atoms with Gasteiger partial charge < -0.3 is 0 Å². The lowest BCUT2D eigenvalue weighted by molar-refractivity contribution is 0.855. The van der Waals surface area contributed by atoms with Gasteiger partial charge in [-0.15, -0.1) is 0 Å². The Balaban J connectivity index is 3.17. The van der Waals surface area contributed by atoms with Crippen LogP contribution in [0, 0.1) is 11.3 Å². The number of nitrogens with zero attached hydrogens (tertiary/aromatic N) is 1. The number of halogens is 1. The zero-order valence-corrected chi connectivity index (χ0v) is 10.00. The normalized spacial score (nSPS) is 10.1. The fourth-order valence-electron chi connectivity index (χ4n) is 1.35. The van der Waals surface area contributed by atoms with Crippen molar-refractivity contribution < 1.29 is 0 Å². The van der Waals surface area contributed by atoms with Crippen LogP contribution in [0.25, 0.3) is 0 Å². The maximum Gasteiger partial charge on any atom is 0.0991 e. The molecule has 0 saturated carbocycles. The van der Waals surface area contributed by atoms with E-state index in [4.69, 9.17) is 5.26 Å². The van der Waals surface area contributed by atoms with Crippen molar-refractivity contribution in [3.63, 3.8) is 0 Å². The molecular weight excluding hydrogens is 273 g/mol. The third-order valence-electron chi connectivity index (χ3n) is 2.04. The number of hydrogen-bond acceptors (Lipinski definition) is 1. The number of rotatable bonds is 2. The molecule has 0 aliphatic rings. The summed E-state index contributed by atoms with van der Waals surface area (Å²) in [5.41, 5.74) is 3.40. The Morgan fingerprint density at radius 1 is 1.46 bits per heavy atom. The van der Waals surface area contributed by atoms with Crippen molar-refractivity contribution in [1.29, 1.82) is 5.26 Å². The minimum absolute atomic E-state index is 0.539. The monoisotopic (exact) mass is 285 g/mol. The van der Waals surface area contributed by atoms with Gasteiger partial charge in [0.2, 0.25) is 0 Å². The van der Waals surface area contributed by atoms with Crippen LogP contribution in [0.5, 0.6) is 0 Å². The van der Waals surface area contributed by atoms with Crippen LogP contribution in [0.15, 0.2) is 18.2 Å². The Hall–Kier alpha value is -0.560. The van der Waals surface area contributed by atoms with Crippen molar-refractivity contribution in [1.82, 2.24) is 0 Å². The second-order valence-corrected chi connectivity index (χ2v) is 4.08. The van der Waals surface area contributed by atoms with E-state index in [1.807, 2.05) is 12.1 Å². The van der Waals surface area contributed by atoms with Crippen LogP contribution in [0.3, 0.4) is 0 Å². The van der Waals surface area contributed by atoms with Crippen molar-refractivity contribution >= 4 is 22.6 Å². The summed E-state index contributed by atoms with van der Waals surface area (Å²) in [4.78, 5) is 0. The number of nitriles is 1. The SMILES string of the molecule is CC(C)c1ccc(C#N)cc1CI. The lowest BCUT2D eigenvalue weighted by Gasteiger charge is -2.10. The van der Waals surface area contributed by atoms with E-state index >= 15 is 0 Å². The molecule has 0 aromatic heterocycles. The lowest BCUT2D eigenvalue weighted by atomic mass is 9.96. The Kier molecular flexibility index (Phi) is 3.73. The van der Waals surface area contributed by atoms with Gasteiger partial charge in [-0.1, -0.05) is 42.5 Å². The van der Waals surface area contributed by atoms with Crippen LogP contribution in [0.2, 0.25) is 0 Å². The molecule has 0 N–H and O–H groups in total. The zero-order valence-electron chi connectivity index (χ0n) is 7.84. The highest BCUT2D eigenvalue weighted by Crippen LogP contribution is 2.22. The van der Waals surface area contributed by atoms with E-state index in [0.29, 0.717) is 5.92 Å². The van der Waals surface area contributed by atoms with Crippen molar-refractivity contribution in [2.45, 2.75) is 24.2 Å². The molecule has 68 valence electrons. The third kappa shape index (κ3) is 2.44. The molecular formula is C11H12IN. The van der Waals surface area contributed by atoms with Crippen LogP contribution >= 0.6 is 22.6 Å². The van der Waals surface area contributed by atoms with Crippen LogP contribution in [0.1, 0.15) is 36.5 Å². The van der Waals surface area contributed by atoms with E-state index in [9.17, 15) is 0 Å². The van der Waals surface area contributed by atoms with Gasteiger partial charge in [0, 0.05) is 4.43 Å². The number of hydrogen-bond donors (Lipinski definition) is 0. The minimum atomic E-state index is 0.539. The molecule has 0 spiro atoms. The van der Waals surface area contributed by atoms with Crippen LogP contribution in [-0.4, -0.2) is 0 Å². The van der Waals surface area contributed by atoms with Crippen molar-refractivity contribution in [3.05, 3.63) is 34.9 Å². The predicted octanol–water partition coefficient (Wildman–Crippen LogP) is 3.62. The van der Waals surface area contributed by atoms with Gasteiger partial charge >= 0.3 is 0 Å². The summed E-state index contributed by atoms with van der Waals surface area (Å²) < 4.78 is 0.973. The molecule has 0 amide bonds. The molecule has 1 aromatic rings. The first-order valence-electron chi connectivity index (χ1n) is 4.28. The molecule has 0 unspecified atom stereocenters. The molecule has 1 nitrogen and oxygen atoms in total. The van der Waals surface area contributed by atoms with E-state index in [0.717, 1.165) is 9.99 Å². The average molecular weight is 285 g/mol. The van der Waals surface area contributed by atoms with Gasteiger partial charge in [-0.25, -0.2) is 0 Å². The van der Waals surface area contributed by atoms with Crippen molar-refractivity contribution in [2.24, 2.45) is 0 Å². The topological polar surface area (TPSA) is 23.8 Å². The molecule has 0 heterocycles. The average Bonchev–Trinajstić information content (AvgIpc) is 2.16. The Morgan fingerprint density at radius 3 is 2.62 bits per heavy atom. The van der Waals surface area contributed by atoms with Gasteiger partial charge in [0.25, 0.3) is 0 Å². The smallest absolute Gasteiger partial charge is 0.0991 e. The number of benzene rings is 1. The van der Waals surface area contributed by atoms with E-state index in [-0.39, 0.29) is 0 Å². The first kappa shape index (κ1) is 10.5. The fourth-order valence-corrected chi connectivity index (χ4v) is 2.01. The van der Waals surface area contributed by atoms with Crippen molar-refractivity contribution in [2.75, 3.05) is 0 Å². The molecule has 0 bridgehead atoms. The molecule has 0 fully saturated rings. The molecule has 0 atom stereocenters. The standard InChI is InChI=1S/C11H12IN/c1-8(2)11-4-3-9(7-13)5-10(11)6-12/h3-5,8H,6H2,1-2H3. The Morgan fingerprint density at radius 2 is 2.15 bits per heavy atom. The van der Waals surface area contributed by atoms with Gasteiger partial charge in [-0.3, -0.25) is 0 Å². The summed E-state index contributed by atoms with van der Waals surface area (Å²) in [6.45, 7) is 4.36. The second-order valence-electron chi connectivity index (χ2n) is 3.31. The zero-order chi connectivity index (χ0) is 9.84. The highest BCUT2D eigenvalue weighted by Gasteiger charge is 2.05. The first-order valence-corrected chi connectivity index (χ1v) is 5.80. The highest BCUT2D eigenvalue weighted by molar-refractivity contribution is 14.1. The number of alkyl halides is 1. The summed E-state index contributed by atoms with van der Waals surface area (Å²) >= 11 is 2.34. The van der Waals surface area contributed by atoms with Crippen LogP contribution in [-0.2, 0) is 4.43 Å². The quantitative estimate of drug-likeness (QED) is 0.601. The van der Waals surface area contributed by atoms with E-state index in [2.05, 4.69) is 48.6 Å². The molecule has 1 rings (SSSR count). The molecule has 0 radical (unpaired) electrons. The lowest BCUT2D eigenvalue weighted by Crippen LogP contribution is -1.94. The maximum atomic E-state index is 8.73. The Bertz CT molecular complexity index is 336. The summed E-state index contributed by atoms with van der Waals surface area (Å²) in [7, 11) is 0. The summed E-state index contributed by atoms with van der Waals surface area (Å²) in [6, 6.07) is 8.11. The van der Waals surface area contributed by atoms with Gasteiger partial charge in [-0.2, -0.15) is 5.26 Å². The molecule has 0 aliphatic carbocycles. The maximum absolute atomic E-state index is 8.73. The predicted molar refractivity (Wildman–Crippen MR) is 63.0 cm³/mol. The molecule has 1 aromatic carbocycles. The van der Waals surface area contributed by atoms with E-state index < -0.39 is 0 Å². The van der Waals surface area contributed by atoms with Gasteiger partial charge in [0.05, 0.1) is 11.6 Å². The fraction of sp³-hybridized carbons (Fsp3) is 0.364. The van der Waals surface area contributed by atoms with Gasteiger partial charge in [0.1, 0.15) is 0 Å². The van der Waals surface area contributed by atoms with Crippen LogP contribution < -0.4 is 0 Å². The first-order chi connectivity index (χ1) is 6.19. The van der Waals surface area contributed by atoms with Crippen molar-refractivity contribution in [3.8, 4) is 6.07 Å². The van der Waals surface area contributed by atoms with E-state index in [1.54, 1.807) is 0 Å². The second kappa shape index (κ2) is 4.61. The summed E-state index contributed by atoms with van der Waals surface area (Å²) in [5.74, 6) is 0.539. The van der Waals surface area contributed by atoms with E-state index in [1.165, 1.54) is 11.1 Å². The highest BCUT2D eigenvalue weighted by atomic mass is 127. The van der Waals surface area contributed by atoms with Gasteiger partial charge in [0.15, 0.2) is 0 Å². The third-order valence-corrected chi connectivity index (χ3v) is 2.86. The van der Waals surface area contributed by atoms with Gasteiger partial charge in [-0.05, 0) is 29.2 Å². The largest absolute Gasteiger partial charge is 0.192 e. The molecule has 2 heteroatoms. The Labute approximate surface area is 92.9 Å². The minimum Gasteiger partial charge on any atom is -0.192 e. The molecule has 0 aliphatic heterocycles. The molecule has 0 saturated heterocycles. The van der Waals surface area contributed by atoms with Crippen LogP contribution in [0.4, 0.5) is 0 Å². The molecule has 13 heavy (non-hydrogen) atoms. The summed E-state index contributed by atoms with van der Waals surface area (Å²) in [5, 5.41) is 8.73.